The average Bonchev–Trinajstić information content (AvgIpc) is 2.98. The smallest absolute Gasteiger partial charge is 0.264 e. The second-order valence-corrected chi connectivity index (χ2v) is 11.6. The van der Waals surface area contributed by atoms with Crippen molar-refractivity contribution in [3.05, 3.63) is 88.4 Å². The zero-order valence-corrected chi connectivity index (χ0v) is 23.8. The monoisotopic (exact) mass is 602 g/mol. The van der Waals surface area contributed by atoms with Crippen LogP contribution in [0.2, 0.25) is 10.0 Å². The highest BCUT2D eigenvalue weighted by Gasteiger charge is 2.29. The number of carbonyl (C=O) groups excluding carboxylic acids is 2. The van der Waals surface area contributed by atoms with Crippen molar-refractivity contribution in [2.45, 2.75) is 24.2 Å². The van der Waals surface area contributed by atoms with Gasteiger partial charge < -0.3 is 9.64 Å². The summed E-state index contributed by atoms with van der Waals surface area (Å²) in [6.07, 6.45) is 4.59. The average molecular weight is 604 g/mol. The van der Waals surface area contributed by atoms with Crippen molar-refractivity contribution < 1.29 is 22.7 Å². The molecule has 1 N–H and O–H groups in total. The summed E-state index contributed by atoms with van der Waals surface area (Å²) < 4.78 is 33.3. The summed E-state index contributed by atoms with van der Waals surface area (Å²) in [6, 6.07) is 19.1. The summed E-state index contributed by atoms with van der Waals surface area (Å²) in [5.74, 6) is -0.190. The third kappa shape index (κ3) is 7.53. The van der Waals surface area contributed by atoms with E-state index in [1.807, 2.05) is 4.90 Å². The maximum Gasteiger partial charge on any atom is 0.264 e. The molecule has 1 aliphatic rings. The molecule has 3 aromatic carbocycles. The SMILES string of the molecule is O=C(CN(c1cccc(Cl)c1Cl)S(=O)(=O)c1ccccc1)N/N=C\c1ccc(OCC(=O)N2CCCCC2)cc1. The second kappa shape index (κ2) is 13.6. The van der Waals surface area contributed by atoms with Gasteiger partial charge in [0.1, 0.15) is 12.3 Å². The molecule has 0 saturated carbocycles. The Labute approximate surface area is 243 Å². The van der Waals surface area contributed by atoms with E-state index in [0.29, 0.717) is 11.3 Å². The molecule has 1 aliphatic heterocycles. The molecule has 0 bridgehead atoms. The standard InChI is InChI=1S/C28H28Cl2N4O5S/c29-24-10-7-11-25(28(24)30)34(40(37,38)23-8-3-1-4-9-23)19-26(35)32-31-18-21-12-14-22(15-13-21)39-20-27(36)33-16-5-2-6-17-33/h1,3-4,7-15,18H,2,5-6,16-17,19-20H2,(H,32,35)/b31-18-. The number of sulfonamides is 1. The zero-order valence-electron chi connectivity index (χ0n) is 21.5. The number of hydrazone groups is 1. The van der Waals surface area contributed by atoms with Gasteiger partial charge in [0.25, 0.3) is 21.8 Å². The minimum Gasteiger partial charge on any atom is -0.484 e. The highest BCUT2D eigenvalue weighted by molar-refractivity contribution is 7.92. The summed E-state index contributed by atoms with van der Waals surface area (Å²) in [6.45, 7) is 0.922. The molecule has 210 valence electrons. The predicted molar refractivity (Wildman–Crippen MR) is 156 cm³/mol. The van der Waals surface area contributed by atoms with Gasteiger partial charge in [-0.2, -0.15) is 5.10 Å². The van der Waals surface area contributed by atoms with E-state index in [9.17, 15) is 18.0 Å². The van der Waals surface area contributed by atoms with Gasteiger partial charge >= 0.3 is 0 Å². The maximum absolute atomic E-state index is 13.4. The van der Waals surface area contributed by atoms with Crippen LogP contribution in [0.3, 0.4) is 0 Å². The van der Waals surface area contributed by atoms with E-state index in [-0.39, 0.29) is 33.1 Å². The Morgan fingerprint density at radius 3 is 2.35 bits per heavy atom. The van der Waals surface area contributed by atoms with E-state index in [0.717, 1.165) is 36.7 Å². The molecule has 9 nitrogen and oxygen atoms in total. The highest BCUT2D eigenvalue weighted by atomic mass is 35.5. The van der Waals surface area contributed by atoms with Crippen LogP contribution in [-0.4, -0.2) is 57.6 Å². The summed E-state index contributed by atoms with van der Waals surface area (Å²) in [4.78, 5) is 26.8. The number of rotatable bonds is 10. The van der Waals surface area contributed by atoms with Gasteiger partial charge in [0, 0.05) is 13.1 Å². The van der Waals surface area contributed by atoms with Gasteiger partial charge in [0.15, 0.2) is 6.61 Å². The molecule has 1 fully saturated rings. The quantitative estimate of drug-likeness (QED) is 0.266. The summed E-state index contributed by atoms with van der Waals surface area (Å²) in [7, 11) is -4.15. The number of nitrogens with one attached hydrogen (secondary N) is 1. The van der Waals surface area contributed by atoms with E-state index in [4.69, 9.17) is 27.9 Å². The van der Waals surface area contributed by atoms with Crippen LogP contribution in [-0.2, 0) is 19.6 Å². The van der Waals surface area contributed by atoms with Crippen molar-refractivity contribution in [3.8, 4) is 5.75 Å². The lowest BCUT2D eigenvalue weighted by Crippen LogP contribution is -2.39. The first-order valence-corrected chi connectivity index (χ1v) is 14.8. The van der Waals surface area contributed by atoms with Gasteiger partial charge in [0.2, 0.25) is 0 Å². The molecule has 0 spiro atoms. The van der Waals surface area contributed by atoms with Gasteiger partial charge in [-0.25, -0.2) is 13.8 Å². The molecule has 2 amide bonds. The number of ether oxygens (including phenoxy) is 1. The van der Waals surface area contributed by atoms with Gasteiger partial charge in [-0.1, -0.05) is 47.5 Å². The van der Waals surface area contributed by atoms with Crippen LogP contribution in [0.15, 0.2) is 82.8 Å². The van der Waals surface area contributed by atoms with Crippen molar-refractivity contribution >= 4 is 56.9 Å². The van der Waals surface area contributed by atoms with Crippen molar-refractivity contribution in [3.63, 3.8) is 0 Å². The number of carbonyl (C=O) groups is 2. The van der Waals surface area contributed by atoms with Crippen molar-refractivity contribution in [2.24, 2.45) is 5.10 Å². The molecule has 0 atom stereocenters. The first-order chi connectivity index (χ1) is 19.3. The molecular formula is C28H28Cl2N4O5S. The van der Waals surface area contributed by atoms with E-state index in [2.05, 4.69) is 10.5 Å². The highest BCUT2D eigenvalue weighted by Crippen LogP contribution is 2.35. The fraction of sp³-hybridized carbons (Fsp3) is 0.250. The third-order valence-electron chi connectivity index (χ3n) is 6.17. The van der Waals surface area contributed by atoms with E-state index in [1.54, 1.807) is 48.5 Å². The Kier molecular flexibility index (Phi) is 10.0. The molecule has 0 unspecified atom stereocenters. The first-order valence-electron chi connectivity index (χ1n) is 12.6. The van der Waals surface area contributed by atoms with Gasteiger partial charge in [-0.3, -0.25) is 13.9 Å². The van der Waals surface area contributed by atoms with Crippen LogP contribution >= 0.6 is 23.2 Å². The minimum atomic E-state index is -4.15. The lowest BCUT2D eigenvalue weighted by Gasteiger charge is -2.26. The van der Waals surface area contributed by atoms with Gasteiger partial charge in [-0.05, 0) is 73.4 Å². The number of halogens is 2. The number of benzene rings is 3. The lowest BCUT2D eigenvalue weighted by molar-refractivity contribution is -0.134. The van der Waals surface area contributed by atoms with Crippen molar-refractivity contribution in [1.82, 2.24) is 10.3 Å². The summed E-state index contributed by atoms with van der Waals surface area (Å²) in [5.41, 5.74) is 3.06. The molecule has 1 heterocycles. The number of anilines is 1. The van der Waals surface area contributed by atoms with Crippen LogP contribution in [0.1, 0.15) is 24.8 Å². The molecule has 0 radical (unpaired) electrons. The van der Waals surface area contributed by atoms with Gasteiger partial charge in [-0.15, -0.1) is 0 Å². The Hall–Kier alpha value is -3.60. The Morgan fingerprint density at radius 1 is 0.950 bits per heavy atom. The topological polar surface area (TPSA) is 108 Å². The number of hydrogen-bond donors (Lipinski definition) is 1. The third-order valence-corrected chi connectivity index (χ3v) is 8.76. The number of hydrogen-bond acceptors (Lipinski definition) is 6. The fourth-order valence-electron chi connectivity index (χ4n) is 4.08. The number of piperidine rings is 1. The molecule has 40 heavy (non-hydrogen) atoms. The molecular weight excluding hydrogens is 575 g/mol. The Balaban J connectivity index is 1.38. The Bertz CT molecular complexity index is 1460. The Morgan fingerprint density at radius 2 is 1.65 bits per heavy atom. The van der Waals surface area contributed by atoms with Crippen LogP contribution in [0, 0.1) is 0 Å². The molecule has 0 aliphatic carbocycles. The molecule has 3 aromatic rings. The summed E-state index contributed by atoms with van der Waals surface area (Å²) >= 11 is 12.4. The largest absolute Gasteiger partial charge is 0.484 e. The normalized spacial score (nSPS) is 13.7. The predicted octanol–water partition coefficient (Wildman–Crippen LogP) is 4.73. The minimum absolute atomic E-state index is 0.0000823. The van der Waals surface area contributed by atoms with E-state index >= 15 is 0 Å². The van der Waals surface area contributed by atoms with Crippen LogP contribution in [0.5, 0.6) is 5.75 Å². The van der Waals surface area contributed by atoms with Crippen LogP contribution in [0.25, 0.3) is 0 Å². The van der Waals surface area contributed by atoms with Crippen LogP contribution < -0.4 is 14.5 Å². The zero-order chi connectivity index (χ0) is 28.5. The number of amides is 2. The van der Waals surface area contributed by atoms with Crippen molar-refractivity contribution in [1.29, 1.82) is 0 Å². The van der Waals surface area contributed by atoms with Crippen LogP contribution in [0.4, 0.5) is 5.69 Å². The van der Waals surface area contributed by atoms with E-state index < -0.39 is 22.5 Å². The molecule has 4 rings (SSSR count). The maximum atomic E-state index is 13.4. The number of likely N-dealkylation sites (tertiary alicyclic amines) is 1. The summed E-state index contributed by atoms with van der Waals surface area (Å²) in [5, 5.41) is 4.09. The first kappa shape index (κ1) is 29.4. The number of nitrogens with zero attached hydrogens (tertiary/aromatic N) is 3. The molecule has 12 heteroatoms. The second-order valence-electron chi connectivity index (χ2n) is 8.99. The lowest BCUT2D eigenvalue weighted by atomic mass is 10.1. The van der Waals surface area contributed by atoms with Crippen molar-refractivity contribution in [2.75, 3.05) is 30.5 Å². The molecule has 0 aromatic heterocycles. The van der Waals surface area contributed by atoms with Gasteiger partial charge in [0.05, 0.1) is 26.8 Å². The molecule has 1 saturated heterocycles. The van der Waals surface area contributed by atoms with E-state index in [1.165, 1.54) is 30.5 Å². The fourth-order valence-corrected chi connectivity index (χ4v) is 5.98.